The van der Waals surface area contributed by atoms with E-state index in [1.807, 2.05) is 18.2 Å². The minimum absolute atomic E-state index is 0.0642. The van der Waals surface area contributed by atoms with Crippen LogP contribution in [0.3, 0.4) is 0 Å². The summed E-state index contributed by atoms with van der Waals surface area (Å²) in [5.41, 5.74) is 2.08. The molecule has 1 aliphatic rings. The Labute approximate surface area is 172 Å². The Kier molecular flexibility index (Phi) is 4.94. The van der Waals surface area contributed by atoms with Crippen LogP contribution in [0, 0.1) is 3.57 Å². The third kappa shape index (κ3) is 3.61. The third-order valence-electron chi connectivity index (χ3n) is 4.15. The molecule has 1 amide bonds. The number of rotatable bonds is 4. The summed E-state index contributed by atoms with van der Waals surface area (Å²) in [6.07, 6.45) is 1.77. The lowest BCUT2D eigenvalue weighted by Crippen LogP contribution is -2.29. The van der Waals surface area contributed by atoms with E-state index in [0.29, 0.717) is 19.0 Å². The molecule has 0 unspecified atom stereocenters. The zero-order valence-electron chi connectivity index (χ0n) is 13.5. The first-order valence-electron chi connectivity index (χ1n) is 7.96. The van der Waals surface area contributed by atoms with Gasteiger partial charge in [0.1, 0.15) is 18.7 Å². The lowest BCUT2D eigenvalue weighted by molar-refractivity contribution is -0.117. The van der Waals surface area contributed by atoms with E-state index < -0.39 is 0 Å². The summed E-state index contributed by atoms with van der Waals surface area (Å²) in [5.74, 6) is 1.17. The van der Waals surface area contributed by atoms with Gasteiger partial charge in [-0.1, -0.05) is 18.2 Å². The first kappa shape index (κ1) is 17.5. The number of benzene rings is 2. The molecule has 0 aliphatic carbocycles. The average molecular weight is 525 g/mol. The van der Waals surface area contributed by atoms with Gasteiger partial charge >= 0.3 is 0 Å². The molecule has 2 heterocycles. The molecular formula is C18H14BrIN4O2. The summed E-state index contributed by atoms with van der Waals surface area (Å²) < 4.78 is 9.68. The van der Waals surface area contributed by atoms with Gasteiger partial charge < -0.3 is 4.74 Å². The van der Waals surface area contributed by atoms with Gasteiger partial charge in [-0.25, -0.2) is 4.68 Å². The van der Waals surface area contributed by atoms with Gasteiger partial charge in [0.25, 0.3) is 0 Å². The Morgan fingerprint density at radius 3 is 2.85 bits per heavy atom. The molecule has 3 aromatic rings. The topological polar surface area (TPSA) is 69.0 Å². The molecule has 0 bridgehead atoms. The minimum Gasteiger partial charge on any atom is -0.488 e. The molecule has 132 valence electrons. The number of aromatic nitrogens is 3. The highest BCUT2D eigenvalue weighted by Gasteiger charge is 2.28. The normalized spacial score (nSPS) is 16.1. The van der Waals surface area contributed by atoms with Gasteiger partial charge in [-0.3, -0.25) is 10.1 Å². The largest absolute Gasteiger partial charge is 0.488 e. The van der Waals surface area contributed by atoms with Crippen molar-refractivity contribution in [3.8, 4) is 5.75 Å². The average Bonchev–Trinajstić information content (AvgIpc) is 3.09. The van der Waals surface area contributed by atoms with Crippen LogP contribution in [0.2, 0.25) is 0 Å². The van der Waals surface area contributed by atoms with E-state index in [1.54, 1.807) is 4.68 Å². The highest BCUT2D eigenvalue weighted by atomic mass is 127. The summed E-state index contributed by atoms with van der Waals surface area (Å²) in [5, 5.41) is 6.95. The van der Waals surface area contributed by atoms with Crippen molar-refractivity contribution in [1.29, 1.82) is 0 Å². The summed E-state index contributed by atoms with van der Waals surface area (Å²) in [6, 6.07) is 13.9. The molecule has 0 spiro atoms. The number of carbonyl (C=O) groups excluding carboxylic acids is 1. The molecule has 1 atom stereocenters. The number of ether oxygens (including phenoxy) is 1. The summed E-state index contributed by atoms with van der Waals surface area (Å²) in [6.45, 7) is 0.494. The van der Waals surface area contributed by atoms with Crippen LogP contribution in [0.5, 0.6) is 5.75 Å². The summed E-state index contributed by atoms with van der Waals surface area (Å²) >= 11 is 5.85. The molecule has 6 nitrogen and oxygen atoms in total. The van der Waals surface area contributed by atoms with Gasteiger partial charge in [-0.15, -0.1) is 0 Å². The van der Waals surface area contributed by atoms with E-state index in [4.69, 9.17) is 4.74 Å². The molecular weight excluding hydrogens is 511 g/mol. The Hall–Kier alpha value is -1.94. The third-order valence-corrected chi connectivity index (χ3v) is 5.49. The fourth-order valence-electron chi connectivity index (χ4n) is 2.85. The van der Waals surface area contributed by atoms with Crippen molar-refractivity contribution in [2.24, 2.45) is 0 Å². The van der Waals surface area contributed by atoms with Crippen LogP contribution >= 0.6 is 38.5 Å². The monoisotopic (exact) mass is 524 g/mol. The Morgan fingerprint density at radius 2 is 2.08 bits per heavy atom. The van der Waals surface area contributed by atoms with Crippen LogP contribution in [0.25, 0.3) is 0 Å². The molecule has 1 aromatic heterocycles. The number of carbonyl (C=O) groups is 1. The molecule has 0 saturated carbocycles. The first-order chi connectivity index (χ1) is 12.6. The van der Waals surface area contributed by atoms with E-state index in [1.165, 1.54) is 9.90 Å². The fraction of sp³-hybridized carbons (Fsp3) is 0.167. The molecule has 4 rings (SSSR count). The van der Waals surface area contributed by atoms with Crippen LogP contribution in [0.15, 0.2) is 53.3 Å². The van der Waals surface area contributed by atoms with Crippen molar-refractivity contribution in [3.63, 3.8) is 0 Å². The second kappa shape index (κ2) is 7.36. The van der Waals surface area contributed by atoms with Crippen LogP contribution in [-0.4, -0.2) is 20.7 Å². The summed E-state index contributed by atoms with van der Waals surface area (Å²) in [4.78, 5) is 16.0. The molecule has 0 saturated heterocycles. The van der Waals surface area contributed by atoms with Crippen molar-refractivity contribution in [2.75, 3.05) is 5.32 Å². The molecule has 0 radical (unpaired) electrons. The van der Waals surface area contributed by atoms with Gasteiger partial charge in [0.15, 0.2) is 0 Å². The quantitative estimate of drug-likeness (QED) is 0.520. The maximum absolute atomic E-state index is 11.9. The maximum atomic E-state index is 11.9. The van der Waals surface area contributed by atoms with Gasteiger partial charge in [0.05, 0.1) is 16.9 Å². The van der Waals surface area contributed by atoms with Crippen LogP contribution < -0.4 is 10.1 Å². The standard InChI is InChI=1S/C18H14BrIN4O2/c19-14-7-12(15-8-17(25)23-18-21-10-22-24(15)18)3-6-16(14)26-9-11-1-4-13(20)5-2-11/h1-7,10,15H,8-9H2,(H,21,22,23,25)/t15-/m1/s1. The number of hydrogen-bond donors (Lipinski definition) is 1. The number of hydrogen-bond acceptors (Lipinski definition) is 4. The van der Waals surface area contributed by atoms with Gasteiger partial charge in [-0.2, -0.15) is 10.1 Å². The number of amides is 1. The van der Waals surface area contributed by atoms with Crippen molar-refractivity contribution < 1.29 is 9.53 Å². The van der Waals surface area contributed by atoms with E-state index in [2.05, 4.69) is 78.2 Å². The van der Waals surface area contributed by atoms with E-state index >= 15 is 0 Å². The zero-order valence-corrected chi connectivity index (χ0v) is 17.3. The molecule has 1 N–H and O–H groups in total. The second-order valence-corrected chi connectivity index (χ2v) is 8.00. The predicted molar refractivity (Wildman–Crippen MR) is 109 cm³/mol. The lowest BCUT2D eigenvalue weighted by Gasteiger charge is -2.24. The lowest BCUT2D eigenvalue weighted by atomic mass is 10.0. The van der Waals surface area contributed by atoms with Gasteiger partial charge in [0, 0.05) is 3.57 Å². The molecule has 1 aliphatic heterocycles. The van der Waals surface area contributed by atoms with Gasteiger partial charge in [0.2, 0.25) is 11.9 Å². The van der Waals surface area contributed by atoms with Crippen molar-refractivity contribution in [2.45, 2.75) is 19.1 Å². The smallest absolute Gasteiger partial charge is 0.229 e. The highest BCUT2D eigenvalue weighted by molar-refractivity contribution is 14.1. The number of nitrogens with one attached hydrogen (secondary N) is 1. The number of anilines is 1. The molecule has 2 aromatic carbocycles. The zero-order chi connectivity index (χ0) is 18.1. The van der Waals surface area contributed by atoms with Crippen molar-refractivity contribution >= 4 is 50.4 Å². The highest BCUT2D eigenvalue weighted by Crippen LogP contribution is 2.34. The van der Waals surface area contributed by atoms with E-state index in [0.717, 1.165) is 21.3 Å². The molecule has 8 heteroatoms. The van der Waals surface area contributed by atoms with Crippen LogP contribution in [0.1, 0.15) is 23.6 Å². The second-order valence-electron chi connectivity index (χ2n) is 5.90. The van der Waals surface area contributed by atoms with Crippen molar-refractivity contribution in [1.82, 2.24) is 14.8 Å². The Balaban J connectivity index is 1.53. The Morgan fingerprint density at radius 1 is 1.27 bits per heavy atom. The van der Waals surface area contributed by atoms with Crippen molar-refractivity contribution in [3.05, 3.63) is 68.0 Å². The number of nitrogens with zero attached hydrogens (tertiary/aromatic N) is 3. The number of halogens is 2. The van der Waals surface area contributed by atoms with E-state index in [9.17, 15) is 4.79 Å². The molecule has 0 fully saturated rings. The van der Waals surface area contributed by atoms with E-state index in [-0.39, 0.29) is 11.9 Å². The Bertz CT molecular complexity index is 958. The predicted octanol–water partition coefficient (Wildman–Crippen LogP) is 4.16. The fourth-order valence-corrected chi connectivity index (χ4v) is 3.72. The maximum Gasteiger partial charge on any atom is 0.229 e. The van der Waals surface area contributed by atoms with Crippen LogP contribution in [0.4, 0.5) is 5.95 Å². The SMILES string of the molecule is O=C1C[C@H](c2ccc(OCc3ccc(I)cc3)c(Br)c2)n2ncnc2N1. The minimum atomic E-state index is -0.178. The van der Waals surface area contributed by atoms with Gasteiger partial charge in [-0.05, 0) is 73.9 Å². The number of fused-ring (bicyclic) bond motifs is 1. The summed E-state index contributed by atoms with van der Waals surface area (Å²) in [7, 11) is 0. The molecule has 26 heavy (non-hydrogen) atoms. The van der Waals surface area contributed by atoms with Crippen LogP contribution in [-0.2, 0) is 11.4 Å². The first-order valence-corrected chi connectivity index (χ1v) is 9.83.